The fraction of sp³-hybridized carbons (Fsp3) is 0.308. The van der Waals surface area contributed by atoms with Crippen molar-refractivity contribution in [2.45, 2.75) is 25.7 Å². The second-order valence-electron chi connectivity index (χ2n) is 4.41. The molecule has 2 aromatic rings. The van der Waals surface area contributed by atoms with Crippen LogP contribution >= 0.6 is 0 Å². The Bertz CT molecular complexity index is 610. The molecule has 0 saturated carbocycles. The molecule has 0 amide bonds. The largest absolute Gasteiger partial charge is 0.506 e. The van der Waals surface area contributed by atoms with Crippen LogP contribution in [-0.4, -0.2) is 14.9 Å². The van der Waals surface area contributed by atoms with Crippen molar-refractivity contribution in [1.82, 2.24) is 9.78 Å². The highest BCUT2D eigenvalue weighted by molar-refractivity contribution is 5.45. The Balaban J connectivity index is 2.20. The number of phenols is 1. The number of hydrogen-bond donors (Lipinski definition) is 2. The summed E-state index contributed by atoms with van der Waals surface area (Å²) in [5.74, 6) is 0.119. The van der Waals surface area contributed by atoms with Crippen molar-refractivity contribution < 1.29 is 5.11 Å². The van der Waals surface area contributed by atoms with E-state index in [0.29, 0.717) is 5.69 Å². The van der Waals surface area contributed by atoms with E-state index in [0.717, 1.165) is 36.9 Å². The summed E-state index contributed by atoms with van der Waals surface area (Å²) < 4.78 is 1.45. The summed E-state index contributed by atoms with van der Waals surface area (Å²) in [5, 5.41) is 12.9. The Morgan fingerprint density at radius 2 is 1.94 bits per heavy atom. The highest BCUT2D eigenvalue weighted by Crippen LogP contribution is 2.22. The predicted octanol–water partition coefficient (Wildman–Crippen LogP) is 1.75. The molecule has 1 aromatic carbocycles. The van der Waals surface area contributed by atoms with E-state index in [4.69, 9.17) is 0 Å². The molecular weight excluding hydrogens is 216 g/mol. The highest BCUT2D eigenvalue weighted by Gasteiger charge is 2.19. The quantitative estimate of drug-likeness (QED) is 0.784. The third-order valence-electron chi connectivity index (χ3n) is 3.30. The van der Waals surface area contributed by atoms with Crippen LogP contribution in [0.2, 0.25) is 0 Å². The van der Waals surface area contributed by atoms with E-state index in [1.54, 1.807) is 24.3 Å². The van der Waals surface area contributed by atoms with Gasteiger partial charge >= 0.3 is 0 Å². The van der Waals surface area contributed by atoms with Gasteiger partial charge in [-0.3, -0.25) is 9.89 Å². The first kappa shape index (κ1) is 10.2. The van der Waals surface area contributed by atoms with Gasteiger partial charge in [-0.15, -0.1) is 0 Å². The molecule has 0 aliphatic heterocycles. The number of aromatic amines is 1. The number of para-hydroxylation sites is 2. The first-order chi connectivity index (χ1) is 8.27. The van der Waals surface area contributed by atoms with Gasteiger partial charge in [-0.1, -0.05) is 12.1 Å². The number of rotatable bonds is 1. The van der Waals surface area contributed by atoms with Gasteiger partial charge in [-0.2, -0.15) is 0 Å². The summed E-state index contributed by atoms with van der Waals surface area (Å²) in [7, 11) is 0. The lowest BCUT2D eigenvalue weighted by Gasteiger charge is -2.07. The van der Waals surface area contributed by atoms with Crippen LogP contribution < -0.4 is 5.56 Å². The van der Waals surface area contributed by atoms with Crippen LogP contribution in [0, 0.1) is 0 Å². The monoisotopic (exact) mass is 230 g/mol. The molecule has 3 rings (SSSR count). The van der Waals surface area contributed by atoms with Crippen LogP contribution in [0.4, 0.5) is 0 Å². The lowest BCUT2D eigenvalue weighted by Crippen LogP contribution is -2.18. The van der Waals surface area contributed by atoms with E-state index in [1.807, 2.05) is 0 Å². The molecule has 1 aliphatic carbocycles. The molecule has 0 saturated heterocycles. The minimum atomic E-state index is -0.0267. The second-order valence-corrected chi connectivity index (χ2v) is 4.41. The fourth-order valence-electron chi connectivity index (χ4n) is 2.41. The average molecular weight is 230 g/mol. The molecule has 0 atom stereocenters. The molecule has 2 N–H and O–H groups in total. The summed E-state index contributed by atoms with van der Waals surface area (Å²) in [5.41, 5.74) is 2.39. The first-order valence-corrected chi connectivity index (χ1v) is 5.88. The average Bonchev–Trinajstić information content (AvgIpc) is 2.68. The Hall–Kier alpha value is -1.97. The zero-order chi connectivity index (χ0) is 11.8. The Morgan fingerprint density at radius 1 is 1.18 bits per heavy atom. The SMILES string of the molecule is O=c1c2c([nH]n1-c1ccccc1O)CCCC2. The standard InChI is InChI=1S/C13H14N2O2/c16-12-8-4-3-7-11(12)15-13(17)9-5-1-2-6-10(9)14-15/h3-4,7-8,14,16H,1-2,5-6H2. The maximum atomic E-state index is 12.2. The number of aromatic hydroxyl groups is 1. The van der Waals surface area contributed by atoms with Gasteiger partial charge < -0.3 is 5.11 Å². The van der Waals surface area contributed by atoms with Crippen LogP contribution in [-0.2, 0) is 12.8 Å². The maximum absolute atomic E-state index is 12.2. The van der Waals surface area contributed by atoms with Crippen LogP contribution in [0.1, 0.15) is 24.1 Å². The number of phenolic OH excluding ortho intramolecular Hbond substituents is 1. The van der Waals surface area contributed by atoms with Crippen molar-refractivity contribution in [3.8, 4) is 11.4 Å². The van der Waals surface area contributed by atoms with Crippen molar-refractivity contribution in [2.24, 2.45) is 0 Å². The lowest BCUT2D eigenvalue weighted by molar-refractivity contribution is 0.469. The van der Waals surface area contributed by atoms with Gasteiger partial charge in [0.05, 0.1) is 0 Å². The minimum absolute atomic E-state index is 0.0267. The van der Waals surface area contributed by atoms with E-state index in [-0.39, 0.29) is 11.3 Å². The molecule has 0 spiro atoms. The summed E-state index contributed by atoms with van der Waals surface area (Å²) in [4.78, 5) is 12.2. The zero-order valence-electron chi connectivity index (χ0n) is 9.44. The molecule has 4 nitrogen and oxygen atoms in total. The summed E-state index contributed by atoms with van der Waals surface area (Å²) in [6.07, 6.45) is 3.95. The van der Waals surface area contributed by atoms with E-state index < -0.39 is 0 Å². The third-order valence-corrected chi connectivity index (χ3v) is 3.30. The number of benzene rings is 1. The number of H-pyrrole nitrogens is 1. The molecule has 4 heteroatoms. The van der Waals surface area contributed by atoms with Gasteiger partial charge in [0.15, 0.2) is 0 Å². The van der Waals surface area contributed by atoms with Gasteiger partial charge in [0.2, 0.25) is 0 Å². The number of hydrogen-bond acceptors (Lipinski definition) is 2. The topological polar surface area (TPSA) is 58.0 Å². The molecule has 1 aromatic heterocycles. The van der Waals surface area contributed by atoms with Gasteiger partial charge in [0.25, 0.3) is 5.56 Å². The summed E-state index contributed by atoms with van der Waals surface area (Å²) in [6.45, 7) is 0. The van der Waals surface area contributed by atoms with Gasteiger partial charge in [0.1, 0.15) is 11.4 Å². The minimum Gasteiger partial charge on any atom is -0.506 e. The smallest absolute Gasteiger partial charge is 0.274 e. The van der Waals surface area contributed by atoms with Crippen molar-refractivity contribution >= 4 is 0 Å². The molecule has 1 aliphatic rings. The van der Waals surface area contributed by atoms with Crippen molar-refractivity contribution in [2.75, 3.05) is 0 Å². The van der Waals surface area contributed by atoms with E-state index in [9.17, 15) is 9.90 Å². The Labute approximate surface area is 98.5 Å². The van der Waals surface area contributed by atoms with E-state index >= 15 is 0 Å². The van der Waals surface area contributed by atoms with Gasteiger partial charge in [-0.25, -0.2) is 4.68 Å². The maximum Gasteiger partial charge on any atom is 0.274 e. The number of nitrogens with zero attached hydrogens (tertiary/aromatic N) is 1. The van der Waals surface area contributed by atoms with Crippen molar-refractivity contribution in [1.29, 1.82) is 0 Å². The number of fused-ring (bicyclic) bond motifs is 1. The van der Waals surface area contributed by atoms with Crippen LogP contribution in [0.25, 0.3) is 5.69 Å². The summed E-state index contributed by atoms with van der Waals surface area (Å²) >= 11 is 0. The van der Waals surface area contributed by atoms with Crippen molar-refractivity contribution in [3.05, 3.63) is 45.9 Å². The second kappa shape index (κ2) is 3.80. The van der Waals surface area contributed by atoms with Gasteiger partial charge in [-0.05, 0) is 37.8 Å². The number of nitrogens with one attached hydrogen (secondary N) is 1. The number of aromatic nitrogens is 2. The molecule has 0 unspecified atom stereocenters. The Morgan fingerprint density at radius 3 is 2.71 bits per heavy atom. The first-order valence-electron chi connectivity index (χ1n) is 5.88. The highest BCUT2D eigenvalue weighted by atomic mass is 16.3. The zero-order valence-corrected chi connectivity index (χ0v) is 9.44. The van der Waals surface area contributed by atoms with Crippen molar-refractivity contribution in [3.63, 3.8) is 0 Å². The van der Waals surface area contributed by atoms with Gasteiger partial charge in [0, 0.05) is 11.3 Å². The van der Waals surface area contributed by atoms with Crippen LogP contribution in [0.15, 0.2) is 29.1 Å². The fourth-order valence-corrected chi connectivity index (χ4v) is 2.41. The Kier molecular flexibility index (Phi) is 2.28. The predicted molar refractivity (Wildman–Crippen MR) is 64.7 cm³/mol. The lowest BCUT2D eigenvalue weighted by atomic mass is 9.98. The van der Waals surface area contributed by atoms with E-state index in [2.05, 4.69) is 5.10 Å². The molecule has 17 heavy (non-hydrogen) atoms. The molecule has 0 bridgehead atoms. The van der Waals surface area contributed by atoms with Crippen LogP contribution in [0.5, 0.6) is 5.75 Å². The molecule has 0 fully saturated rings. The normalized spacial score (nSPS) is 14.6. The molecular formula is C13H14N2O2. The number of aryl methyl sites for hydroxylation is 1. The van der Waals surface area contributed by atoms with Crippen LogP contribution in [0.3, 0.4) is 0 Å². The molecule has 0 radical (unpaired) electrons. The summed E-state index contributed by atoms with van der Waals surface area (Å²) in [6, 6.07) is 6.87. The molecule has 1 heterocycles. The molecule has 88 valence electrons. The van der Waals surface area contributed by atoms with E-state index in [1.165, 1.54) is 4.68 Å². The third kappa shape index (κ3) is 1.56.